The first-order chi connectivity index (χ1) is 12.0. The summed E-state index contributed by atoms with van der Waals surface area (Å²) >= 11 is 0. The smallest absolute Gasteiger partial charge is 0.262 e. The number of hydrogen-bond acceptors (Lipinski definition) is 2. The summed E-state index contributed by atoms with van der Waals surface area (Å²) in [6.45, 7) is 1.96. The van der Waals surface area contributed by atoms with Crippen molar-refractivity contribution < 1.29 is 12.8 Å². The van der Waals surface area contributed by atoms with Crippen LogP contribution in [0.4, 0.5) is 10.1 Å². The van der Waals surface area contributed by atoms with Crippen molar-refractivity contribution in [1.29, 1.82) is 0 Å². The second-order valence-electron chi connectivity index (χ2n) is 5.79. The fourth-order valence-electron chi connectivity index (χ4n) is 2.60. The van der Waals surface area contributed by atoms with E-state index in [0.717, 1.165) is 11.1 Å². The molecule has 0 aromatic heterocycles. The molecule has 3 rings (SSSR count). The lowest BCUT2D eigenvalue weighted by molar-refractivity contribution is 0.589. The third-order valence-electron chi connectivity index (χ3n) is 3.84. The van der Waals surface area contributed by atoms with Gasteiger partial charge < -0.3 is 0 Å². The van der Waals surface area contributed by atoms with Gasteiger partial charge in [0.25, 0.3) is 10.0 Å². The standard InChI is InChI=1S/C20H18FNO2S/c1-16-7-5-12-20(13-16)25(23,24)22(15-17-8-3-2-4-9-17)19-11-6-10-18(21)14-19/h2-14H,15H2,1H3. The Morgan fingerprint density at radius 2 is 1.60 bits per heavy atom. The molecular formula is C20H18FNO2S. The average molecular weight is 355 g/mol. The van der Waals surface area contributed by atoms with Crippen LogP contribution in [0.5, 0.6) is 0 Å². The van der Waals surface area contributed by atoms with Crippen LogP contribution in [-0.2, 0) is 16.6 Å². The molecule has 5 heteroatoms. The van der Waals surface area contributed by atoms with Gasteiger partial charge in [0, 0.05) is 0 Å². The average Bonchev–Trinajstić information content (AvgIpc) is 2.60. The van der Waals surface area contributed by atoms with Crippen LogP contribution >= 0.6 is 0 Å². The first-order valence-corrected chi connectivity index (χ1v) is 9.30. The molecule has 0 unspecified atom stereocenters. The van der Waals surface area contributed by atoms with Crippen molar-refractivity contribution in [2.24, 2.45) is 0 Å². The summed E-state index contributed by atoms with van der Waals surface area (Å²) in [5.41, 5.74) is 1.97. The molecule has 25 heavy (non-hydrogen) atoms. The van der Waals surface area contributed by atoms with Gasteiger partial charge in [0.1, 0.15) is 5.82 Å². The van der Waals surface area contributed by atoms with Crippen molar-refractivity contribution in [2.45, 2.75) is 18.4 Å². The molecule has 3 aromatic carbocycles. The predicted octanol–water partition coefficient (Wildman–Crippen LogP) is 4.53. The van der Waals surface area contributed by atoms with Crippen LogP contribution in [0, 0.1) is 12.7 Å². The normalized spacial score (nSPS) is 11.3. The first kappa shape index (κ1) is 17.2. The van der Waals surface area contributed by atoms with Crippen LogP contribution in [0.1, 0.15) is 11.1 Å². The quantitative estimate of drug-likeness (QED) is 0.674. The lowest BCUT2D eigenvalue weighted by Crippen LogP contribution is -2.30. The van der Waals surface area contributed by atoms with Gasteiger partial charge in [-0.1, -0.05) is 48.5 Å². The van der Waals surface area contributed by atoms with E-state index in [0.29, 0.717) is 5.69 Å². The number of rotatable bonds is 5. The number of hydrogen-bond donors (Lipinski definition) is 0. The Kier molecular flexibility index (Phi) is 4.86. The minimum Gasteiger partial charge on any atom is -0.262 e. The maximum atomic E-state index is 13.7. The zero-order valence-corrected chi connectivity index (χ0v) is 14.6. The largest absolute Gasteiger partial charge is 0.264 e. The molecule has 3 aromatic rings. The summed E-state index contributed by atoms with van der Waals surface area (Å²) in [7, 11) is -3.82. The molecule has 0 saturated carbocycles. The Morgan fingerprint density at radius 1 is 0.880 bits per heavy atom. The van der Waals surface area contributed by atoms with Crippen molar-refractivity contribution in [3.63, 3.8) is 0 Å². The third-order valence-corrected chi connectivity index (χ3v) is 5.61. The van der Waals surface area contributed by atoms with E-state index >= 15 is 0 Å². The summed E-state index contributed by atoms with van der Waals surface area (Å²) in [6.07, 6.45) is 0. The van der Waals surface area contributed by atoms with Gasteiger partial charge in [0.05, 0.1) is 17.1 Å². The zero-order valence-electron chi connectivity index (χ0n) is 13.8. The van der Waals surface area contributed by atoms with Gasteiger partial charge in [-0.25, -0.2) is 12.8 Å². The molecule has 0 aliphatic carbocycles. The molecule has 0 aliphatic rings. The van der Waals surface area contributed by atoms with Crippen LogP contribution in [0.3, 0.4) is 0 Å². The molecule has 0 radical (unpaired) electrons. The Hall–Kier alpha value is -2.66. The van der Waals surface area contributed by atoms with Crippen molar-refractivity contribution in [3.8, 4) is 0 Å². The van der Waals surface area contributed by atoms with Gasteiger partial charge in [-0.2, -0.15) is 0 Å². The van der Waals surface area contributed by atoms with E-state index < -0.39 is 15.8 Å². The second-order valence-corrected chi connectivity index (χ2v) is 7.66. The summed E-state index contributed by atoms with van der Waals surface area (Å²) in [6, 6.07) is 21.6. The number of benzene rings is 3. The fourth-order valence-corrected chi connectivity index (χ4v) is 4.15. The van der Waals surface area contributed by atoms with Crippen LogP contribution < -0.4 is 4.31 Å². The Labute approximate surface area is 147 Å². The van der Waals surface area contributed by atoms with Crippen molar-refractivity contribution in [1.82, 2.24) is 0 Å². The topological polar surface area (TPSA) is 37.4 Å². The van der Waals surface area contributed by atoms with Gasteiger partial charge in [-0.3, -0.25) is 4.31 Å². The maximum absolute atomic E-state index is 13.7. The Balaban J connectivity index is 2.10. The number of sulfonamides is 1. The molecular weight excluding hydrogens is 337 g/mol. The highest BCUT2D eigenvalue weighted by Crippen LogP contribution is 2.27. The van der Waals surface area contributed by atoms with E-state index in [2.05, 4.69) is 0 Å². The second kappa shape index (κ2) is 7.07. The van der Waals surface area contributed by atoms with Crippen LogP contribution in [0.2, 0.25) is 0 Å². The predicted molar refractivity (Wildman–Crippen MR) is 97.4 cm³/mol. The van der Waals surface area contributed by atoms with Gasteiger partial charge in [0.2, 0.25) is 0 Å². The molecule has 3 nitrogen and oxygen atoms in total. The SMILES string of the molecule is Cc1cccc(S(=O)(=O)N(Cc2ccccc2)c2cccc(F)c2)c1. The van der Waals surface area contributed by atoms with Crippen molar-refractivity contribution in [3.05, 3.63) is 95.8 Å². The molecule has 0 bridgehead atoms. The highest BCUT2D eigenvalue weighted by Gasteiger charge is 2.25. The van der Waals surface area contributed by atoms with E-state index in [1.165, 1.54) is 22.5 Å². The van der Waals surface area contributed by atoms with Gasteiger partial charge in [-0.15, -0.1) is 0 Å². The van der Waals surface area contributed by atoms with Crippen molar-refractivity contribution in [2.75, 3.05) is 4.31 Å². The van der Waals surface area contributed by atoms with E-state index in [-0.39, 0.29) is 11.4 Å². The molecule has 0 atom stereocenters. The molecule has 0 spiro atoms. The van der Waals surface area contributed by atoms with Crippen LogP contribution in [0.25, 0.3) is 0 Å². The number of halogens is 1. The molecule has 0 saturated heterocycles. The minimum absolute atomic E-state index is 0.126. The monoisotopic (exact) mass is 355 g/mol. The van der Waals surface area contributed by atoms with Crippen LogP contribution in [-0.4, -0.2) is 8.42 Å². The summed E-state index contributed by atoms with van der Waals surface area (Å²) in [5, 5.41) is 0. The Morgan fingerprint density at radius 3 is 2.28 bits per heavy atom. The number of nitrogens with zero attached hydrogens (tertiary/aromatic N) is 1. The lowest BCUT2D eigenvalue weighted by atomic mass is 10.2. The van der Waals surface area contributed by atoms with Gasteiger partial charge >= 0.3 is 0 Å². The maximum Gasteiger partial charge on any atom is 0.264 e. The summed E-state index contributed by atoms with van der Waals surface area (Å²) < 4.78 is 41.3. The zero-order chi connectivity index (χ0) is 17.9. The minimum atomic E-state index is -3.82. The number of aryl methyl sites for hydroxylation is 1. The van der Waals surface area contributed by atoms with E-state index in [9.17, 15) is 12.8 Å². The fraction of sp³-hybridized carbons (Fsp3) is 0.100. The van der Waals surface area contributed by atoms with Crippen LogP contribution in [0.15, 0.2) is 83.8 Å². The highest BCUT2D eigenvalue weighted by molar-refractivity contribution is 7.92. The van der Waals surface area contributed by atoms with E-state index in [1.54, 1.807) is 24.3 Å². The molecule has 0 aliphatic heterocycles. The van der Waals surface area contributed by atoms with E-state index in [4.69, 9.17) is 0 Å². The first-order valence-electron chi connectivity index (χ1n) is 7.86. The van der Waals surface area contributed by atoms with Gasteiger partial charge in [0.15, 0.2) is 0 Å². The molecule has 128 valence electrons. The number of anilines is 1. The van der Waals surface area contributed by atoms with Gasteiger partial charge in [-0.05, 0) is 48.4 Å². The molecule has 0 N–H and O–H groups in total. The molecule has 0 fully saturated rings. The summed E-state index contributed by atoms with van der Waals surface area (Å²) in [5.74, 6) is -0.477. The van der Waals surface area contributed by atoms with E-state index in [1.807, 2.05) is 43.3 Å². The lowest BCUT2D eigenvalue weighted by Gasteiger charge is -2.25. The van der Waals surface area contributed by atoms with Crippen molar-refractivity contribution >= 4 is 15.7 Å². The molecule has 0 heterocycles. The highest BCUT2D eigenvalue weighted by atomic mass is 32.2. The third kappa shape index (κ3) is 3.88. The summed E-state index contributed by atoms with van der Waals surface area (Å²) in [4.78, 5) is 0.188. The Bertz CT molecular complexity index is 972. The molecule has 0 amide bonds.